The summed E-state index contributed by atoms with van der Waals surface area (Å²) in [6.45, 7) is 4.51. The molecule has 1 aromatic rings. The zero-order chi connectivity index (χ0) is 13.0. The first-order valence-corrected chi connectivity index (χ1v) is 6.24. The Morgan fingerprint density at radius 3 is 2.72 bits per heavy atom. The molecule has 4 heteroatoms. The maximum absolute atomic E-state index is 11.5. The topological polar surface area (TPSA) is 41.9 Å². The van der Waals surface area contributed by atoms with Gasteiger partial charge in [-0.05, 0) is 25.8 Å². The molecule has 0 aromatic heterocycles. The van der Waals surface area contributed by atoms with Crippen molar-refractivity contribution in [3.8, 4) is 0 Å². The summed E-state index contributed by atoms with van der Waals surface area (Å²) >= 11 is 0. The van der Waals surface area contributed by atoms with Crippen LogP contribution in [-0.4, -0.2) is 29.3 Å². The fraction of sp³-hybridized carbons (Fsp3) is 0.429. The minimum Gasteiger partial charge on any atom is -0.371 e. The second-order valence-corrected chi connectivity index (χ2v) is 4.44. The van der Waals surface area contributed by atoms with Gasteiger partial charge in [0.05, 0.1) is 5.71 Å². The largest absolute Gasteiger partial charge is 0.371 e. The molecule has 0 aliphatic carbocycles. The fourth-order valence-electron chi connectivity index (χ4n) is 2.00. The molecule has 1 heterocycles. The molecule has 0 N–H and O–H groups in total. The predicted octanol–water partition coefficient (Wildman–Crippen LogP) is 2.40. The van der Waals surface area contributed by atoms with Crippen molar-refractivity contribution in [2.24, 2.45) is 5.16 Å². The summed E-state index contributed by atoms with van der Waals surface area (Å²) < 4.78 is 0. The van der Waals surface area contributed by atoms with Crippen LogP contribution in [0.2, 0.25) is 0 Å². The molecule has 0 bridgehead atoms. The zero-order valence-electron chi connectivity index (χ0n) is 10.8. The summed E-state index contributed by atoms with van der Waals surface area (Å²) in [5.41, 5.74) is 1.84. The van der Waals surface area contributed by atoms with Crippen molar-refractivity contribution in [2.75, 3.05) is 6.54 Å². The molecular formula is C14H18N2O2. The highest BCUT2D eigenvalue weighted by molar-refractivity contribution is 5.98. The van der Waals surface area contributed by atoms with Gasteiger partial charge in [-0.3, -0.25) is 4.79 Å². The average molecular weight is 246 g/mol. The van der Waals surface area contributed by atoms with Crippen LogP contribution in [0.3, 0.4) is 0 Å². The first-order valence-electron chi connectivity index (χ1n) is 6.24. The molecule has 1 saturated heterocycles. The number of hydrogen-bond donors (Lipinski definition) is 0. The van der Waals surface area contributed by atoms with Crippen molar-refractivity contribution < 1.29 is 9.63 Å². The maximum atomic E-state index is 11.5. The van der Waals surface area contributed by atoms with Crippen molar-refractivity contribution in [1.82, 2.24) is 4.90 Å². The molecule has 2 rings (SSSR count). The first-order chi connectivity index (χ1) is 8.68. The quantitative estimate of drug-likeness (QED) is 0.604. The van der Waals surface area contributed by atoms with E-state index in [9.17, 15) is 4.79 Å². The summed E-state index contributed by atoms with van der Waals surface area (Å²) in [5, 5.41) is 4.10. The summed E-state index contributed by atoms with van der Waals surface area (Å²) in [5.74, 6) is 0.148. The lowest BCUT2D eigenvalue weighted by Crippen LogP contribution is -2.35. The Labute approximate surface area is 107 Å². The van der Waals surface area contributed by atoms with Crippen LogP contribution >= 0.6 is 0 Å². The fourth-order valence-corrected chi connectivity index (χ4v) is 2.00. The second kappa shape index (κ2) is 5.67. The van der Waals surface area contributed by atoms with Gasteiger partial charge in [0.2, 0.25) is 5.91 Å². The Bertz CT molecular complexity index is 442. The van der Waals surface area contributed by atoms with Crippen LogP contribution in [-0.2, 0) is 9.63 Å². The lowest BCUT2D eigenvalue weighted by atomic mass is 10.1. The third kappa shape index (κ3) is 2.88. The number of carbonyl (C=O) groups excluding carboxylic acids is 1. The highest BCUT2D eigenvalue weighted by atomic mass is 16.6. The molecule has 1 aliphatic rings. The predicted molar refractivity (Wildman–Crippen MR) is 70.1 cm³/mol. The summed E-state index contributed by atoms with van der Waals surface area (Å²) in [6.07, 6.45) is 1.24. The number of carbonyl (C=O) groups is 1. The summed E-state index contributed by atoms with van der Waals surface area (Å²) in [4.78, 5) is 18.7. The number of hydrogen-bond acceptors (Lipinski definition) is 3. The van der Waals surface area contributed by atoms with E-state index in [-0.39, 0.29) is 12.1 Å². The van der Waals surface area contributed by atoms with E-state index in [4.69, 9.17) is 4.84 Å². The summed E-state index contributed by atoms with van der Waals surface area (Å²) in [7, 11) is 0. The summed E-state index contributed by atoms with van der Waals surface area (Å²) in [6, 6.07) is 9.84. The van der Waals surface area contributed by atoms with Crippen LogP contribution < -0.4 is 0 Å². The molecule has 4 nitrogen and oxygen atoms in total. The van der Waals surface area contributed by atoms with Crippen LogP contribution in [0.1, 0.15) is 32.3 Å². The second-order valence-electron chi connectivity index (χ2n) is 4.44. The molecule has 18 heavy (non-hydrogen) atoms. The lowest BCUT2D eigenvalue weighted by Gasteiger charge is -2.21. The minimum absolute atomic E-state index is 0.148. The third-order valence-corrected chi connectivity index (χ3v) is 3.08. The van der Waals surface area contributed by atoms with Crippen LogP contribution in [0.5, 0.6) is 0 Å². The molecule has 1 fully saturated rings. The van der Waals surface area contributed by atoms with Gasteiger partial charge in [-0.1, -0.05) is 35.5 Å². The number of benzene rings is 1. The Morgan fingerprint density at radius 1 is 1.39 bits per heavy atom. The van der Waals surface area contributed by atoms with E-state index in [1.165, 1.54) is 0 Å². The highest BCUT2D eigenvalue weighted by Crippen LogP contribution is 2.14. The van der Waals surface area contributed by atoms with Crippen LogP contribution in [0.25, 0.3) is 0 Å². The number of amides is 1. The van der Waals surface area contributed by atoms with E-state index < -0.39 is 0 Å². The molecular weight excluding hydrogens is 228 g/mol. The SMILES string of the molecule is C/C(=N\OC(C)N1CCCC1=O)c1ccccc1. The van der Waals surface area contributed by atoms with Gasteiger partial charge >= 0.3 is 0 Å². The van der Waals surface area contributed by atoms with Gasteiger partial charge in [0.15, 0.2) is 6.23 Å². The van der Waals surface area contributed by atoms with E-state index in [0.717, 1.165) is 24.2 Å². The zero-order valence-corrected chi connectivity index (χ0v) is 10.8. The van der Waals surface area contributed by atoms with E-state index in [1.54, 1.807) is 4.90 Å². The van der Waals surface area contributed by atoms with Crippen molar-refractivity contribution >= 4 is 11.6 Å². The third-order valence-electron chi connectivity index (χ3n) is 3.08. The van der Waals surface area contributed by atoms with Crippen molar-refractivity contribution in [3.63, 3.8) is 0 Å². The molecule has 0 spiro atoms. The highest BCUT2D eigenvalue weighted by Gasteiger charge is 2.26. The van der Waals surface area contributed by atoms with Gasteiger partial charge in [-0.2, -0.15) is 0 Å². The molecule has 1 unspecified atom stereocenters. The number of rotatable bonds is 4. The van der Waals surface area contributed by atoms with Crippen LogP contribution in [0.15, 0.2) is 35.5 Å². The van der Waals surface area contributed by atoms with E-state index in [1.807, 2.05) is 44.2 Å². The van der Waals surface area contributed by atoms with Gasteiger partial charge in [-0.25, -0.2) is 0 Å². The van der Waals surface area contributed by atoms with Crippen LogP contribution in [0, 0.1) is 0 Å². The Hall–Kier alpha value is -1.84. The Balaban J connectivity index is 1.96. The number of oxime groups is 1. The Morgan fingerprint density at radius 2 is 2.11 bits per heavy atom. The Kier molecular flexibility index (Phi) is 3.97. The number of nitrogens with zero attached hydrogens (tertiary/aromatic N) is 2. The van der Waals surface area contributed by atoms with Gasteiger partial charge < -0.3 is 9.74 Å². The van der Waals surface area contributed by atoms with Gasteiger partial charge in [0.25, 0.3) is 0 Å². The molecule has 96 valence electrons. The van der Waals surface area contributed by atoms with Crippen molar-refractivity contribution in [1.29, 1.82) is 0 Å². The monoisotopic (exact) mass is 246 g/mol. The van der Waals surface area contributed by atoms with Crippen LogP contribution in [0.4, 0.5) is 0 Å². The molecule has 1 aliphatic heterocycles. The first kappa shape index (κ1) is 12.6. The van der Waals surface area contributed by atoms with Crippen molar-refractivity contribution in [3.05, 3.63) is 35.9 Å². The van der Waals surface area contributed by atoms with E-state index >= 15 is 0 Å². The minimum atomic E-state index is -0.293. The van der Waals surface area contributed by atoms with Crippen molar-refractivity contribution in [2.45, 2.75) is 32.9 Å². The smallest absolute Gasteiger partial charge is 0.225 e. The molecule has 0 saturated carbocycles. The normalized spacial score (nSPS) is 18.0. The lowest BCUT2D eigenvalue weighted by molar-refractivity contribution is -0.139. The maximum Gasteiger partial charge on any atom is 0.225 e. The molecule has 1 amide bonds. The van der Waals surface area contributed by atoms with Gasteiger partial charge in [0.1, 0.15) is 0 Å². The molecule has 1 atom stereocenters. The standard InChI is InChI=1S/C14H18N2O2/c1-11(13-7-4-3-5-8-13)15-18-12(2)16-10-6-9-14(16)17/h3-5,7-8,12H,6,9-10H2,1-2H3/b15-11+. The van der Waals surface area contributed by atoms with E-state index in [0.29, 0.717) is 6.42 Å². The molecule has 0 radical (unpaired) electrons. The average Bonchev–Trinajstić information content (AvgIpc) is 2.83. The molecule has 1 aromatic carbocycles. The van der Waals surface area contributed by atoms with Gasteiger partial charge in [-0.15, -0.1) is 0 Å². The van der Waals surface area contributed by atoms with E-state index in [2.05, 4.69) is 5.16 Å². The van der Waals surface area contributed by atoms with Gasteiger partial charge in [0, 0.05) is 13.0 Å². The number of likely N-dealkylation sites (tertiary alicyclic amines) is 1.